The van der Waals surface area contributed by atoms with Crippen LogP contribution in [0.3, 0.4) is 0 Å². The number of ether oxygens (including phenoxy) is 2. The number of carbonyl (C=O) groups is 1. The number of rotatable bonds is 5. The van der Waals surface area contributed by atoms with E-state index in [0.29, 0.717) is 11.3 Å². The fourth-order valence-electron chi connectivity index (χ4n) is 2.33. The molecule has 0 aliphatic rings. The first-order valence-electron chi connectivity index (χ1n) is 7.63. The average molecular weight is 335 g/mol. The second-order valence-electron chi connectivity index (χ2n) is 5.18. The van der Waals surface area contributed by atoms with Gasteiger partial charge in [0, 0.05) is 5.56 Å². The molecule has 3 aromatic rings. The number of methoxy groups -OCH3 is 2. The van der Waals surface area contributed by atoms with E-state index < -0.39 is 0 Å². The third-order valence-corrected chi connectivity index (χ3v) is 3.61. The van der Waals surface area contributed by atoms with Gasteiger partial charge in [0.2, 0.25) is 5.88 Å². The van der Waals surface area contributed by atoms with Gasteiger partial charge in [-0.3, -0.25) is 4.79 Å². The molecule has 0 fully saturated rings. The number of benzene rings is 2. The number of nitrogens with zero attached hydrogens (tertiary/aromatic N) is 2. The average Bonchev–Trinajstić information content (AvgIpc) is 2.69. The summed E-state index contributed by atoms with van der Waals surface area (Å²) in [6.45, 7) is 0. The Morgan fingerprint density at radius 1 is 0.920 bits per heavy atom. The summed E-state index contributed by atoms with van der Waals surface area (Å²) in [7, 11) is 2.92. The minimum absolute atomic E-state index is 0.169. The molecule has 0 unspecified atom stereocenters. The molecule has 2 aromatic carbocycles. The molecule has 0 aliphatic heterocycles. The van der Waals surface area contributed by atoms with E-state index in [2.05, 4.69) is 15.3 Å². The standard InChI is InChI=1S/C19H17N3O3/c1-24-18-16(12-20-19(22-18)25-2)21-17(23)15-10-8-14(9-11-15)13-6-4-3-5-7-13/h3-12H,1-2H3,(H,21,23). The zero-order valence-electron chi connectivity index (χ0n) is 13.9. The van der Waals surface area contributed by atoms with Crippen LogP contribution >= 0.6 is 0 Å². The number of hydrogen-bond donors (Lipinski definition) is 1. The van der Waals surface area contributed by atoms with E-state index in [1.807, 2.05) is 42.5 Å². The highest BCUT2D eigenvalue weighted by atomic mass is 16.5. The highest BCUT2D eigenvalue weighted by Gasteiger charge is 2.13. The van der Waals surface area contributed by atoms with Crippen LogP contribution in [-0.4, -0.2) is 30.1 Å². The molecule has 0 saturated heterocycles. The number of hydrogen-bond acceptors (Lipinski definition) is 5. The zero-order valence-corrected chi connectivity index (χ0v) is 13.9. The molecule has 0 spiro atoms. The minimum atomic E-state index is -0.272. The molecule has 0 aliphatic carbocycles. The number of nitrogens with one attached hydrogen (secondary N) is 1. The fraction of sp³-hybridized carbons (Fsp3) is 0.105. The van der Waals surface area contributed by atoms with Crippen LogP contribution in [-0.2, 0) is 0 Å². The third kappa shape index (κ3) is 3.74. The molecule has 126 valence electrons. The maximum absolute atomic E-state index is 12.4. The third-order valence-electron chi connectivity index (χ3n) is 3.61. The quantitative estimate of drug-likeness (QED) is 0.773. The number of aromatic nitrogens is 2. The lowest BCUT2D eigenvalue weighted by molar-refractivity contribution is 0.102. The van der Waals surface area contributed by atoms with Crippen LogP contribution in [0, 0.1) is 0 Å². The van der Waals surface area contributed by atoms with Crippen molar-refractivity contribution in [2.24, 2.45) is 0 Å². The molecule has 0 bridgehead atoms. The van der Waals surface area contributed by atoms with Crippen molar-refractivity contribution in [1.29, 1.82) is 0 Å². The Bertz CT molecular complexity index is 865. The van der Waals surface area contributed by atoms with Gasteiger partial charge >= 0.3 is 6.01 Å². The molecule has 6 heteroatoms. The Labute approximate surface area is 145 Å². The van der Waals surface area contributed by atoms with E-state index in [1.165, 1.54) is 20.4 Å². The summed E-state index contributed by atoms with van der Waals surface area (Å²) in [6.07, 6.45) is 1.45. The predicted molar refractivity (Wildman–Crippen MR) is 95.0 cm³/mol. The molecule has 25 heavy (non-hydrogen) atoms. The number of amides is 1. The molecule has 1 N–H and O–H groups in total. The zero-order chi connectivity index (χ0) is 17.6. The van der Waals surface area contributed by atoms with Crippen LogP contribution in [0.15, 0.2) is 60.8 Å². The maximum Gasteiger partial charge on any atom is 0.319 e. The predicted octanol–water partition coefficient (Wildman–Crippen LogP) is 3.41. The van der Waals surface area contributed by atoms with Crippen molar-refractivity contribution in [2.45, 2.75) is 0 Å². The van der Waals surface area contributed by atoms with E-state index in [4.69, 9.17) is 9.47 Å². The summed E-state index contributed by atoms with van der Waals surface area (Å²) in [5, 5.41) is 2.74. The summed E-state index contributed by atoms with van der Waals surface area (Å²) < 4.78 is 10.1. The van der Waals surface area contributed by atoms with Gasteiger partial charge in [-0.15, -0.1) is 0 Å². The van der Waals surface area contributed by atoms with Crippen molar-refractivity contribution in [3.05, 3.63) is 66.4 Å². The molecular weight excluding hydrogens is 318 g/mol. The number of carbonyl (C=O) groups excluding carboxylic acids is 1. The van der Waals surface area contributed by atoms with E-state index in [0.717, 1.165) is 11.1 Å². The van der Waals surface area contributed by atoms with Crippen molar-refractivity contribution < 1.29 is 14.3 Å². The van der Waals surface area contributed by atoms with Crippen molar-refractivity contribution >= 4 is 11.6 Å². The molecule has 3 rings (SSSR count). The topological polar surface area (TPSA) is 73.3 Å². The Kier molecular flexibility index (Phi) is 4.89. The second kappa shape index (κ2) is 7.44. The summed E-state index contributed by atoms with van der Waals surface area (Å²) in [6, 6.07) is 17.5. The first-order chi connectivity index (χ1) is 12.2. The molecule has 1 aromatic heterocycles. The van der Waals surface area contributed by atoms with E-state index in [1.54, 1.807) is 12.1 Å². The van der Waals surface area contributed by atoms with Crippen molar-refractivity contribution in [3.63, 3.8) is 0 Å². The van der Waals surface area contributed by atoms with Crippen LogP contribution in [0.5, 0.6) is 11.9 Å². The molecular formula is C19H17N3O3. The van der Waals surface area contributed by atoms with Crippen LogP contribution in [0.25, 0.3) is 11.1 Å². The number of anilines is 1. The summed E-state index contributed by atoms with van der Waals surface area (Å²) >= 11 is 0. The molecule has 1 heterocycles. The van der Waals surface area contributed by atoms with Crippen molar-refractivity contribution in [1.82, 2.24) is 9.97 Å². The van der Waals surface area contributed by atoms with E-state index in [-0.39, 0.29) is 17.8 Å². The first kappa shape index (κ1) is 16.4. The monoisotopic (exact) mass is 335 g/mol. The van der Waals surface area contributed by atoms with Gasteiger partial charge in [0.1, 0.15) is 5.69 Å². The molecule has 6 nitrogen and oxygen atoms in total. The van der Waals surface area contributed by atoms with Gasteiger partial charge in [0.25, 0.3) is 5.91 Å². The minimum Gasteiger partial charge on any atom is -0.479 e. The Balaban J connectivity index is 1.78. The Hall–Kier alpha value is -3.41. The Morgan fingerprint density at radius 3 is 2.24 bits per heavy atom. The van der Waals surface area contributed by atoms with Crippen molar-refractivity contribution in [2.75, 3.05) is 19.5 Å². The van der Waals surface area contributed by atoms with E-state index >= 15 is 0 Å². The molecule has 1 amide bonds. The van der Waals surface area contributed by atoms with E-state index in [9.17, 15) is 4.79 Å². The van der Waals surface area contributed by atoms with Crippen LogP contribution < -0.4 is 14.8 Å². The van der Waals surface area contributed by atoms with Gasteiger partial charge < -0.3 is 14.8 Å². The van der Waals surface area contributed by atoms with Gasteiger partial charge in [-0.25, -0.2) is 4.98 Å². The summed E-state index contributed by atoms with van der Waals surface area (Å²) in [5.41, 5.74) is 3.04. The molecule has 0 saturated carbocycles. The summed E-state index contributed by atoms with van der Waals surface area (Å²) in [4.78, 5) is 20.4. The van der Waals surface area contributed by atoms with Gasteiger partial charge in [0.15, 0.2) is 0 Å². The van der Waals surface area contributed by atoms with Crippen molar-refractivity contribution in [3.8, 4) is 23.0 Å². The van der Waals surface area contributed by atoms with Crippen LogP contribution in [0.2, 0.25) is 0 Å². The molecule has 0 radical (unpaired) electrons. The largest absolute Gasteiger partial charge is 0.479 e. The van der Waals surface area contributed by atoms with Gasteiger partial charge in [-0.2, -0.15) is 4.98 Å². The van der Waals surface area contributed by atoms with Crippen LogP contribution in [0.1, 0.15) is 10.4 Å². The lowest BCUT2D eigenvalue weighted by Gasteiger charge is -2.10. The highest BCUT2D eigenvalue weighted by molar-refractivity contribution is 6.05. The van der Waals surface area contributed by atoms with Gasteiger partial charge in [-0.1, -0.05) is 42.5 Å². The SMILES string of the molecule is COc1ncc(NC(=O)c2ccc(-c3ccccc3)cc2)c(OC)n1. The highest BCUT2D eigenvalue weighted by Crippen LogP contribution is 2.24. The van der Waals surface area contributed by atoms with Crippen LogP contribution in [0.4, 0.5) is 5.69 Å². The smallest absolute Gasteiger partial charge is 0.319 e. The van der Waals surface area contributed by atoms with Gasteiger partial charge in [0.05, 0.1) is 20.4 Å². The Morgan fingerprint density at radius 2 is 1.60 bits per heavy atom. The lowest BCUT2D eigenvalue weighted by Crippen LogP contribution is -2.13. The first-order valence-corrected chi connectivity index (χ1v) is 7.63. The molecule has 0 atom stereocenters. The van der Waals surface area contributed by atoms with Gasteiger partial charge in [-0.05, 0) is 23.3 Å². The lowest BCUT2D eigenvalue weighted by atomic mass is 10.0. The second-order valence-corrected chi connectivity index (χ2v) is 5.18. The maximum atomic E-state index is 12.4. The normalized spacial score (nSPS) is 10.2. The summed E-state index contributed by atoms with van der Waals surface area (Å²) in [5.74, 6) is -0.0345. The fourth-order valence-corrected chi connectivity index (χ4v) is 2.33.